The van der Waals surface area contributed by atoms with E-state index < -0.39 is 0 Å². The van der Waals surface area contributed by atoms with Crippen LogP contribution in [-0.4, -0.2) is 35.5 Å². The number of hydrogen-bond donors (Lipinski definition) is 1. The summed E-state index contributed by atoms with van der Waals surface area (Å²) in [4.78, 5) is 21.2. The molecule has 1 N–H and O–H groups in total. The number of aromatic amines is 1. The average Bonchev–Trinajstić information content (AvgIpc) is 3.03. The van der Waals surface area contributed by atoms with Gasteiger partial charge in [-0.15, -0.1) is 0 Å². The molecule has 1 aromatic rings. The molecule has 2 rings (SSSR count). The molecule has 1 aliphatic rings. The summed E-state index contributed by atoms with van der Waals surface area (Å²) in [7, 11) is 4.04. The number of aromatic nitrogens is 2. The Morgan fingerprint density at radius 2 is 2.19 bits per heavy atom. The molecule has 0 aromatic carbocycles. The molecular weight excluding hydrogens is 317 g/mol. The van der Waals surface area contributed by atoms with Gasteiger partial charge in [-0.2, -0.15) is 0 Å². The maximum atomic E-state index is 11.7. The van der Waals surface area contributed by atoms with Gasteiger partial charge in [0.1, 0.15) is 5.82 Å². The van der Waals surface area contributed by atoms with Crippen LogP contribution in [0.15, 0.2) is 4.79 Å². The van der Waals surface area contributed by atoms with Crippen LogP contribution >= 0.6 is 22.6 Å². The summed E-state index contributed by atoms with van der Waals surface area (Å²) < 4.78 is 0.772. The fourth-order valence-electron chi connectivity index (χ4n) is 1.60. The number of hydrogen-bond acceptors (Lipinski definition) is 3. The molecule has 0 spiro atoms. The van der Waals surface area contributed by atoms with E-state index in [0.717, 1.165) is 28.1 Å². The second-order valence-corrected chi connectivity index (χ2v) is 5.62. The second kappa shape index (κ2) is 4.83. The van der Waals surface area contributed by atoms with Gasteiger partial charge < -0.3 is 9.88 Å². The van der Waals surface area contributed by atoms with Gasteiger partial charge in [-0.1, -0.05) is 0 Å². The molecular formula is C11H16IN3O. The Balaban J connectivity index is 2.22. The summed E-state index contributed by atoms with van der Waals surface area (Å²) in [5.74, 6) is 1.35. The molecule has 0 aliphatic heterocycles. The lowest BCUT2D eigenvalue weighted by Gasteiger charge is -2.10. The molecule has 0 bridgehead atoms. The van der Waals surface area contributed by atoms with Gasteiger partial charge in [-0.05, 0) is 49.5 Å². The smallest absolute Gasteiger partial charge is 0.264 e. The van der Waals surface area contributed by atoms with Crippen molar-refractivity contribution in [3.63, 3.8) is 0 Å². The summed E-state index contributed by atoms with van der Waals surface area (Å²) in [6, 6.07) is 0. The summed E-state index contributed by atoms with van der Waals surface area (Å²) in [6.07, 6.45) is 3.16. The molecule has 0 radical (unpaired) electrons. The largest absolute Gasteiger partial charge is 0.310 e. The SMILES string of the molecule is CN(C)CCc1nc(C2CC2)c(I)c(=O)[nH]1. The van der Waals surface area contributed by atoms with Gasteiger partial charge in [0, 0.05) is 18.9 Å². The molecule has 88 valence electrons. The predicted molar refractivity (Wildman–Crippen MR) is 71.8 cm³/mol. The Morgan fingerprint density at radius 1 is 1.50 bits per heavy atom. The molecule has 1 fully saturated rings. The predicted octanol–water partition coefficient (Wildman–Crippen LogP) is 1.36. The highest BCUT2D eigenvalue weighted by Crippen LogP contribution is 2.40. The standard InChI is InChI=1S/C11H16IN3O/c1-15(2)6-5-8-13-10(7-3-4-7)9(12)11(16)14-8/h7H,3-6H2,1-2H3,(H,13,14,16). The second-order valence-electron chi connectivity index (χ2n) is 4.54. The third-order valence-corrected chi connectivity index (χ3v) is 3.74. The van der Waals surface area contributed by atoms with Crippen molar-refractivity contribution in [1.29, 1.82) is 0 Å². The molecule has 1 saturated carbocycles. The quantitative estimate of drug-likeness (QED) is 0.847. The van der Waals surface area contributed by atoms with Gasteiger partial charge >= 0.3 is 0 Å². The van der Waals surface area contributed by atoms with Gasteiger partial charge in [0.05, 0.1) is 9.26 Å². The molecule has 0 unspecified atom stereocenters. The zero-order valence-electron chi connectivity index (χ0n) is 9.59. The minimum atomic E-state index is 0.0197. The van der Waals surface area contributed by atoms with Crippen LogP contribution in [0.1, 0.15) is 30.3 Å². The van der Waals surface area contributed by atoms with Gasteiger partial charge in [0.25, 0.3) is 5.56 Å². The van der Waals surface area contributed by atoms with Crippen LogP contribution in [0.2, 0.25) is 0 Å². The highest BCUT2D eigenvalue weighted by atomic mass is 127. The minimum Gasteiger partial charge on any atom is -0.310 e. The molecule has 1 aromatic heterocycles. The fourth-order valence-corrected chi connectivity index (χ4v) is 2.30. The van der Waals surface area contributed by atoms with Crippen molar-refractivity contribution in [3.05, 3.63) is 25.4 Å². The minimum absolute atomic E-state index is 0.0197. The number of H-pyrrole nitrogens is 1. The van der Waals surface area contributed by atoms with Gasteiger partial charge in [0.2, 0.25) is 0 Å². The van der Waals surface area contributed by atoms with E-state index in [4.69, 9.17) is 0 Å². The molecule has 0 atom stereocenters. The molecule has 16 heavy (non-hydrogen) atoms. The first kappa shape index (κ1) is 12.0. The number of likely N-dealkylation sites (N-methyl/N-ethyl adjacent to an activating group) is 1. The first-order chi connectivity index (χ1) is 7.58. The Morgan fingerprint density at radius 3 is 2.75 bits per heavy atom. The van der Waals surface area contributed by atoms with Crippen molar-refractivity contribution in [2.75, 3.05) is 20.6 Å². The number of rotatable bonds is 4. The number of nitrogens with one attached hydrogen (secondary N) is 1. The van der Waals surface area contributed by atoms with Gasteiger partial charge in [0.15, 0.2) is 0 Å². The van der Waals surface area contributed by atoms with E-state index in [1.165, 1.54) is 12.8 Å². The maximum absolute atomic E-state index is 11.7. The molecule has 4 nitrogen and oxygen atoms in total. The van der Waals surface area contributed by atoms with Crippen molar-refractivity contribution in [1.82, 2.24) is 14.9 Å². The van der Waals surface area contributed by atoms with Crippen molar-refractivity contribution in [2.24, 2.45) is 0 Å². The van der Waals surface area contributed by atoms with Crippen molar-refractivity contribution >= 4 is 22.6 Å². The topological polar surface area (TPSA) is 49.0 Å². The lowest BCUT2D eigenvalue weighted by Crippen LogP contribution is -2.22. The van der Waals surface area contributed by atoms with E-state index in [2.05, 4.69) is 37.5 Å². The molecule has 5 heteroatoms. The van der Waals surface area contributed by atoms with Crippen LogP contribution in [0.25, 0.3) is 0 Å². The lowest BCUT2D eigenvalue weighted by atomic mass is 10.2. The number of nitrogens with zero attached hydrogens (tertiary/aromatic N) is 2. The molecule has 1 heterocycles. The third-order valence-electron chi connectivity index (χ3n) is 2.70. The first-order valence-electron chi connectivity index (χ1n) is 5.51. The van der Waals surface area contributed by atoms with Crippen LogP contribution < -0.4 is 5.56 Å². The van der Waals surface area contributed by atoms with E-state index in [0.29, 0.717) is 5.92 Å². The Hall–Kier alpha value is -0.430. The van der Waals surface area contributed by atoms with E-state index in [9.17, 15) is 4.79 Å². The summed E-state index contributed by atoms with van der Waals surface area (Å²) in [5.41, 5.74) is 1.03. The Kier molecular flexibility index (Phi) is 3.63. The van der Waals surface area contributed by atoms with Crippen molar-refractivity contribution in [3.8, 4) is 0 Å². The van der Waals surface area contributed by atoms with Crippen LogP contribution in [0.3, 0.4) is 0 Å². The lowest BCUT2D eigenvalue weighted by molar-refractivity contribution is 0.409. The van der Waals surface area contributed by atoms with E-state index in [-0.39, 0.29) is 5.56 Å². The van der Waals surface area contributed by atoms with Gasteiger partial charge in [-0.25, -0.2) is 4.98 Å². The van der Waals surface area contributed by atoms with Crippen molar-refractivity contribution < 1.29 is 0 Å². The summed E-state index contributed by atoms with van der Waals surface area (Å²) >= 11 is 2.10. The normalized spacial score (nSPS) is 15.8. The van der Waals surface area contributed by atoms with Crippen LogP contribution in [0.5, 0.6) is 0 Å². The fraction of sp³-hybridized carbons (Fsp3) is 0.636. The highest BCUT2D eigenvalue weighted by molar-refractivity contribution is 14.1. The summed E-state index contributed by atoms with van der Waals surface area (Å²) in [6.45, 7) is 0.910. The molecule has 1 aliphatic carbocycles. The van der Waals surface area contributed by atoms with Crippen LogP contribution in [0.4, 0.5) is 0 Å². The maximum Gasteiger partial charge on any atom is 0.264 e. The Labute approximate surface area is 109 Å². The third kappa shape index (κ3) is 2.82. The highest BCUT2D eigenvalue weighted by Gasteiger charge is 2.28. The van der Waals surface area contributed by atoms with Crippen LogP contribution in [0, 0.1) is 3.57 Å². The van der Waals surface area contributed by atoms with E-state index in [1.807, 2.05) is 14.1 Å². The molecule has 0 amide bonds. The van der Waals surface area contributed by atoms with Gasteiger partial charge in [-0.3, -0.25) is 4.79 Å². The zero-order chi connectivity index (χ0) is 11.7. The van der Waals surface area contributed by atoms with E-state index >= 15 is 0 Å². The Bertz CT molecular complexity index is 437. The van der Waals surface area contributed by atoms with E-state index in [1.54, 1.807) is 0 Å². The average molecular weight is 333 g/mol. The first-order valence-corrected chi connectivity index (χ1v) is 6.59. The molecule has 0 saturated heterocycles. The number of halogens is 1. The van der Waals surface area contributed by atoms with Crippen molar-refractivity contribution in [2.45, 2.75) is 25.2 Å². The zero-order valence-corrected chi connectivity index (χ0v) is 11.7. The summed E-state index contributed by atoms with van der Waals surface area (Å²) in [5, 5.41) is 0. The monoisotopic (exact) mass is 333 g/mol. The van der Waals surface area contributed by atoms with Crippen LogP contribution in [-0.2, 0) is 6.42 Å².